The first-order valence-corrected chi connectivity index (χ1v) is 5.31. The molecule has 1 aromatic heterocycles. The van der Waals surface area contributed by atoms with E-state index in [1.165, 1.54) is 0 Å². The van der Waals surface area contributed by atoms with Crippen molar-refractivity contribution in [2.75, 3.05) is 0 Å². The van der Waals surface area contributed by atoms with Crippen LogP contribution in [0.1, 0.15) is 0 Å². The Kier molecular flexibility index (Phi) is 2.51. The topological polar surface area (TPSA) is 28.7 Å². The van der Waals surface area contributed by atoms with Crippen LogP contribution in [-0.2, 0) is 0 Å². The molecule has 0 unspecified atom stereocenters. The molecule has 0 radical (unpaired) electrons. The molecule has 13 heavy (non-hydrogen) atoms. The van der Waals surface area contributed by atoms with Gasteiger partial charge in [-0.15, -0.1) is 0 Å². The third-order valence-corrected chi connectivity index (χ3v) is 2.80. The summed E-state index contributed by atoms with van der Waals surface area (Å²) in [6.07, 6.45) is 1.75. The highest BCUT2D eigenvalue weighted by Gasteiger charge is 2.04. The highest BCUT2D eigenvalue weighted by Crippen LogP contribution is 2.27. The first-order chi connectivity index (χ1) is 6.27. The highest BCUT2D eigenvalue weighted by atomic mass is 79.9. The smallest absolute Gasteiger partial charge is 0.0792 e. The van der Waals surface area contributed by atoms with E-state index in [1.54, 1.807) is 6.20 Å². The fraction of sp³-hybridized carbons (Fsp3) is 0. The molecule has 2 nitrogen and oxygen atoms in total. The van der Waals surface area contributed by atoms with Gasteiger partial charge in [0.2, 0.25) is 0 Å². The second-order valence-corrected chi connectivity index (χ2v) is 4.37. The van der Waals surface area contributed by atoms with Gasteiger partial charge in [0, 0.05) is 10.0 Å². The number of aromatic nitrogens is 2. The minimum atomic E-state index is 0.977. The third kappa shape index (κ3) is 1.84. The lowest BCUT2D eigenvalue weighted by Gasteiger charge is -1.98. The van der Waals surface area contributed by atoms with Crippen molar-refractivity contribution in [3.05, 3.63) is 39.4 Å². The summed E-state index contributed by atoms with van der Waals surface area (Å²) in [6, 6.07) is 8.06. The molecule has 0 saturated heterocycles. The van der Waals surface area contributed by atoms with Gasteiger partial charge in [0.25, 0.3) is 0 Å². The number of nitrogens with zero attached hydrogens (tertiary/aromatic N) is 1. The molecule has 0 bridgehead atoms. The van der Waals surface area contributed by atoms with E-state index in [0.717, 1.165) is 20.2 Å². The predicted octanol–water partition coefficient (Wildman–Crippen LogP) is 3.60. The predicted molar refractivity (Wildman–Crippen MR) is 59.4 cm³/mol. The van der Waals surface area contributed by atoms with Crippen molar-refractivity contribution in [1.29, 1.82) is 0 Å². The molecule has 0 aliphatic carbocycles. The zero-order chi connectivity index (χ0) is 9.26. The molecule has 0 amide bonds. The van der Waals surface area contributed by atoms with Gasteiger partial charge < -0.3 is 0 Å². The Morgan fingerprint density at radius 3 is 2.69 bits per heavy atom. The van der Waals surface area contributed by atoms with Gasteiger partial charge in [-0.05, 0) is 28.1 Å². The van der Waals surface area contributed by atoms with Crippen molar-refractivity contribution in [1.82, 2.24) is 10.2 Å². The molecule has 1 N–H and O–H groups in total. The van der Waals surface area contributed by atoms with Gasteiger partial charge in [-0.2, -0.15) is 5.10 Å². The average Bonchev–Trinajstić information content (AvgIpc) is 2.51. The quantitative estimate of drug-likeness (QED) is 0.856. The van der Waals surface area contributed by atoms with Crippen LogP contribution < -0.4 is 0 Å². The maximum absolute atomic E-state index is 3.94. The number of rotatable bonds is 1. The number of H-pyrrole nitrogens is 1. The summed E-state index contributed by atoms with van der Waals surface area (Å²) in [5.41, 5.74) is 2.11. The summed E-state index contributed by atoms with van der Waals surface area (Å²) < 4.78 is 2.04. The van der Waals surface area contributed by atoms with E-state index < -0.39 is 0 Å². The Morgan fingerprint density at radius 1 is 1.23 bits per heavy atom. The van der Waals surface area contributed by atoms with Gasteiger partial charge in [-0.3, -0.25) is 5.10 Å². The Bertz CT molecular complexity index is 423. The Labute approximate surface area is 92.6 Å². The fourth-order valence-electron chi connectivity index (χ4n) is 1.12. The number of aromatic amines is 1. The average molecular weight is 302 g/mol. The zero-order valence-electron chi connectivity index (χ0n) is 6.59. The molecule has 0 saturated carbocycles. The van der Waals surface area contributed by atoms with Crippen LogP contribution >= 0.6 is 31.9 Å². The summed E-state index contributed by atoms with van der Waals surface area (Å²) >= 11 is 6.84. The maximum atomic E-state index is 3.94. The molecular formula is C9H6Br2N2. The highest BCUT2D eigenvalue weighted by molar-refractivity contribution is 9.10. The van der Waals surface area contributed by atoms with Gasteiger partial charge in [0.05, 0.1) is 16.4 Å². The van der Waals surface area contributed by atoms with Crippen LogP contribution in [0.2, 0.25) is 0 Å². The third-order valence-electron chi connectivity index (χ3n) is 1.71. The van der Waals surface area contributed by atoms with Crippen molar-refractivity contribution in [3.63, 3.8) is 0 Å². The van der Waals surface area contributed by atoms with Crippen molar-refractivity contribution in [3.8, 4) is 11.3 Å². The van der Waals surface area contributed by atoms with Crippen LogP contribution in [0.5, 0.6) is 0 Å². The van der Waals surface area contributed by atoms with Crippen molar-refractivity contribution in [2.24, 2.45) is 0 Å². The second kappa shape index (κ2) is 3.64. The lowest BCUT2D eigenvalue weighted by Crippen LogP contribution is -1.78. The van der Waals surface area contributed by atoms with Crippen LogP contribution in [0, 0.1) is 0 Å². The summed E-state index contributed by atoms with van der Waals surface area (Å²) in [5, 5.41) is 6.87. The molecule has 66 valence electrons. The van der Waals surface area contributed by atoms with Gasteiger partial charge >= 0.3 is 0 Å². The van der Waals surface area contributed by atoms with Crippen LogP contribution in [0.25, 0.3) is 11.3 Å². The number of halogens is 2. The first-order valence-electron chi connectivity index (χ1n) is 3.72. The molecule has 0 atom stereocenters. The largest absolute Gasteiger partial charge is 0.277 e. The van der Waals surface area contributed by atoms with Crippen molar-refractivity contribution in [2.45, 2.75) is 0 Å². The molecular weight excluding hydrogens is 296 g/mol. The zero-order valence-corrected chi connectivity index (χ0v) is 9.76. The molecule has 2 aromatic rings. The molecule has 0 fully saturated rings. The van der Waals surface area contributed by atoms with E-state index in [9.17, 15) is 0 Å². The number of nitrogens with one attached hydrogen (secondary N) is 1. The minimum Gasteiger partial charge on any atom is -0.277 e. The van der Waals surface area contributed by atoms with Crippen molar-refractivity contribution < 1.29 is 0 Å². The fourth-order valence-corrected chi connectivity index (χ4v) is 1.94. The van der Waals surface area contributed by atoms with Gasteiger partial charge in [-0.1, -0.05) is 28.1 Å². The normalized spacial score (nSPS) is 10.3. The van der Waals surface area contributed by atoms with Gasteiger partial charge in [0.15, 0.2) is 0 Å². The number of hydrogen-bond acceptors (Lipinski definition) is 1. The maximum Gasteiger partial charge on any atom is 0.0792 e. The Morgan fingerprint density at radius 2 is 2.08 bits per heavy atom. The van der Waals surface area contributed by atoms with E-state index in [1.807, 2.05) is 24.3 Å². The number of benzene rings is 1. The molecule has 0 aliphatic heterocycles. The minimum absolute atomic E-state index is 0.977. The molecule has 0 spiro atoms. The van der Waals surface area contributed by atoms with Gasteiger partial charge in [-0.25, -0.2) is 0 Å². The lowest BCUT2D eigenvalue weighted by atomic mass is 10.2. The lowest BCUT2D eigenvalue weighted by molar-refractivity contribution is 1.10. The summed E-state index contributed by atoms with van der Waals surface area (Å²) in [5.74, 6) is 0. The van der Waals surface area contributed by atoms with E-state index in [0.29, 0.717) is 0 Å². The van der Waals surface area contributed by atoms with E-state index in [2.05, 4.69) is 42.1 Å². The van der Waals surface area contributed by atoms with E-state index >= 15 is 0 Å². The standard InChI is InChI=1S/C9H6Br2N2/c10-7-3-1-2-6(4-7)9-8(11)5-12-13-9/h1-5H,(H,12,13). The van der Waals surface area contributed by atoms with E-state index in [-0.39, 0.29) is 0 Å². The molecule has 1 aromatic carbocycles. The second-order valence-electron chi connectivity index (χ2n) is 2.60. The van der Waals surface area contributed by atoms with Crippen LogP contribution in [0.15, 0.2) is 39.4 Å². The van der Waals surface area contributed by atoms with Gasteiger partial charge in [0.1, 0.15) is 0 Å². The van der Waals surface area contributed by atoms with Crippen LogP contribution in [-0.4, -0.2) is 10.2 Å². The molecule has 4 heteroatoms. The molecule has 2 rings (SSSR count). The van der Waals surface area contributed by atoms with E-state index in [4.69, 9.17) is 0 Å². The first kappa shape index (κ1) is 8.97. The summed E-state index contributed by atoms with van der Waals surface area (Å²) in [6.45, 7) is 0. The SMILES string of the molecule is Brc1cccc(-c2[nH]ncc2Br)c1. The monoisotopic (exact) mass is 300 g/mol. The van der Waals surface area contributed by atoms with Crippen LogP contribution in [0.3, 0.4) is 0 Å². The Hall–Kier alpha value is -0.610. The molecule has 0 aliphatic rings. The summed E-state index contributed by atoms with van der Waals surface area (Å²) in [4.78, 5) is 0. The Balaban J connectivity index is 2.53. The number of hydrogen-bond donors (Lipinski definition) is 1. The summed E-state index contributed by atoms with van der Waals surface area (Å²) in [7, 11) is 0. The van der Waals surface area contributed by atoms with Crippen molar-refractivity contribution >= 4 is 31.9 Å². The molecule has 1 heterocycles. The van der Waals surface area contributed by atoms with Crippen LogP contribution in [0.4, 0.5) is 0 Å².